The molecule has 0 saturated carbocycles. The van der Waals surface area contributed by atoms with Crippen LogP contribution < -0.4 is 4.74 Å². The highest BCUT2D eigenvalue weighted by Crippen LogP contribution is 2.33. The van der Waals surface area contributed by atoms with Crippen molar-refractivity contribution in [1.82, 2.24) is 14.8 Å². The second-order valence-electron chi connectivity index (χ2n) is 7.42. The third kappa shape index (κ3) is 3.67. The van der Waals surface area contributed by atoms with Crippen molar-refractivity contribution in [3.05, 3.63) is 102 Å². The molecule has 0 fully saturated rings. The smallest absolute Gasteiger partial charge is 0.153 e. The Bertz CT molecular complexity index is 1030. The predicted molar refractivity (Wildman–Crippen MR) is 111 cm³/mol. The summed E-state index contributed by atoms with van der Waals surface area (Å²) in [6.07, 6.45) is 5.30. The Morgan fingerprint density at radius 2 is 1.46 bits per heavy atom. The van der Waals surface area contributed by atoms with E-state index in [4.69, 9.17) is 4.74 Å². The monoisotopic (exact) mass is 369 g/mol. The van der Waals surface area contributed by atoms with Gasteiger partial charge in [-0.05, 0) is 48.4 Å². The molecular weight excluding hydrogens is 346 g/mol. The lowest BCUT2D eigenvalue weighted by molar-refractivity contribution is 0.479. The van der Waals surface area contributed by atoms with Gasteiger partial charge in [0.1, 0.15) is 11.5 Å². The minimum absolute atomic E-state index is 0.0702. The summed E-state index contributed by atoms with van der Waals surface area (Å²) < 4.78 is 7.66. The molecule has 0 aliphatic heterocycles. The first-order valence-corrected chi connectivity index (χ1v) is 9.34. The van der Waals surface area contributed by atoms with Gasteiger partial charge in [-0.25, -0.2) is 9.67 Å². The second kappa shape index (κ2) is 7.31. The van der Waals surface area contributed by atoms with Gasteiger partial charge >= 0.3 is 0 Å². The largest absolute Gasteiger partial charge is 0.456 e. The third-order valence-corrected chi connectivity index (χ3v) is 5.04. The van der Waals surface area contributed by atoms with Gasteiger partial charge in [0.25, 0.3) is 0 Å². The van der Waals surface area contributed by atoms with Crippen LogP contribution in [0.25, 0.3) is 5.82 Å². The van der Waals surface area contributed by atoms with Gasteiger partial charge in [0.2, 0.25) is 0 Å². The molecule has 2 heterocycles. The van der Waals surface area contributed by atoms with Gasteiger partial charge < -0.3 is 4.74 Å². The van der Waals surface area contributed by atoms with Gasteiger partial charge in [0, 0.05) is 17.8 Å². The minimum atomic E-state index is -0.0702. The van der Waals surface area contributed by atoms with Gasteiger partial charge in [-0.2, -0.15) is 5.10 Å². The molecule has 0 aliphatic carbocycles. The highest BCUT2D eigenvalue weighted by atomic mass is 16.5. The van der Waals surface area contributed by atoms with E-state index in [2.05, 4.69) is 67.3 Å². The molecular formula is C24H23N3O. The number of rotatable bonds is 5. The van der Waals surface area contributed by atoms with Crippen LogP contribution in [0.4, 0.5) is 0 Å². The van der Waals surface area contributed by atoms with Crippen molar-refractivity contribution < 1.29 is 4.74 Å². The number of pyridine rings is 1. The average molecular weight is 369 g/mol. The summed E-state index contributed by atoms with van der Waals surface area (Å²) in [4.78, 5) is 4.40. The molecule has 28 heavy (non-hydrogen) atoms. The number of nitrogens with zero attached hydrogens (tertiary/aromatic N) is 3. The first kappa shape index (κ1) is 18.0. The van der Waals surface area contributed by atoms with E-state index in [9.17, 15) is 0 Å². The molecule has 0 amide bonds. The van der Waals surface area contributed by atoms with E-state index < -0.39 is 0 Å². The molecule has 140 valence electrons. The van der Waals surface area contributed by atoms with Crippen molar-refractivity contribution in [2.75, 3.05) is 0 Å². The van der Waals surface area contributed by atoms with Crippen LogP contribution in [-0.2, 0) is 5.41 Å². The van der Waals surface area contributed by atoms with E-state index >= 15 is 0 Å². The Labute approximate surface area is 165 Å². The van der Waals surface area contributed by atoms with Crippen LogP contribution in [0.2, 0.25) is 0 Å². The number of aryl methyl sites for hydroxylation is 1. The van der Waals surface area contributed by atoms with Gasteiger partial charge in [0.15, 0.2) is 5.82 Å². The Morgan fingerprint density at radius 3 is 2.04 bits per heavy atom. The normalized spacial score (nSPS) is 11.4. The summed E-state index contributed by atoms with van der Waals surface area (Å²) in [5.74, 6) is 2.24. The molecule has 4 nitrogen and oxygen atoms in total. The van der Waals surface area contributed by atoms with Crippen molar-refractivity contribution in [2.45, 2.75) is 26.2 Å². The lowest BCUT2D eigenvalue weighted by Gasteiger charge is -2.26. The predicted octanol–water partition coefficient (Wildman–Crippen LogP) is 5.69. The molecule has 4 heteroatoms. The van der Waals surface area contributed by atoms with Crippen molar-refractivity contribution in [1.29, 1.82) is 0 Å². The number of hydrogen-bond acceptors (Lipinski definition) is 3. The zero-order chi connectivity index (χ0) is 19.6. The third-order valence-electron chi connectivity index (χ3n) is 5.04. The molecule has 4 rings (SSSR count). The zero-order valence-electron chi connectivity index (χ0n) is 16.3. The summed E-state index contributed by atoms with van der Waals surface area (Å²) in [7, 11) is 0. The minimum Gasteiger partial charge on any atom is -0.456 e. The summed E-state index contributed by atoms with van der Waals surface area (Å²) in [6, 6.07) is 22.6. The molecule has 0 aliphatic rings. The fraction of sp³-hybridized carbons (Fsp3) is 0.167. The van der Waals surface area contributed by atoms with E-state index in [1.54, 1.807) is 17.1 Å². The maximum Gasteiger partial charge on any atom is 0.153 e. The number of ether oxygens (including phenoxy) is 1. The van der Waals surface area contributed by atoms with Gasteiger partial charge in [-0.3, -0.25) is 0 Å². The Hall–Kier alpha value is -3.40. The highest BCUT2D eigenvalue weighted by Gasteiger charge is 2.22. The molecule has 0 unspecified atom stereocenters. The molecule has 2 aromatic heterocycles. The van der Waals surface area contributed by atoms with Crippen molar-refractivity contribution in [3.63, 3.8) is 0 Å². The molecule has 0 bridgehead atoms. The summed E-state index contributed by atoms with van der Waals surface area (Å²) >= 11 is 0. The van der Waals surface area contributed by atoms with Crippen LogP contribution in [0.15, 0.2) is 85.3 Å². The zero-order valence-corrected chi connectivity index (χ0v) is 16.3. The van der Waals surface area contributed by atoms with Gasteiger partial charge in [0.05, 0.1) is 6.20 Å². The first-order chi connectivity index (χ1) is 13.5. The van der Waals surface area contributed by atoms with Crippen LogP contribution in [0.5, 0.6) is 11.5 Å². The Kier molecular flexibility index (Phi) is 4.70. The van der Waals surface area contributed by atoms with Crippen LogP contribution >= 0.6 is 0 Å². The lowest BCUT2D eigenvalue weighted by Crippen LogP contribution is -2.18. The van der Waals surface area contributed by atoms with Crippen molar-refractivity contribution >= 4 is 0 Å². The average Bonchev–Trinajstić information content (AvgIpc) is 3.24. The van der Waals surface area contributed by atoms with E-state index in [1.807, 2.05) is 36.5 Å². The number of hydrogen-bond donors (Lipinski definition) is 0. The van der Waals surface area contributed by atoms with Crippen molar-refractivity contribution in [2.24, 2.45) is 0 Å². The van der Waals surface area contributed by atoms with E-state index in [1.165, 1.54) is 16.7 Å². The molecule has 0 N–H and O–H groups in total. The Morgan fingerprint density at radius 1 is 0.821 bits per heavy atom. The molecule has 0 radical (unpaired) electrons. The molecule has 0 atom stereocenters. The van der Waals surface area contributed by atoms with E-state index in [0.29, 0.717) is 5.75 Å². The van der Waals surface area contributed by atoms with Gasteiger partial charge in [-0.1, -0.05) is 55.8 Å². The van der Waals surface area contributed by atoms with Crippen LogP contribution in [0.1, 0.15) is 30.5 Å². The van der Waals surface area contributed by atoms with E-state index in [0.717, 1.165) is 11.6 Å². The first-order valence-electron chi connectivity index (χ1n) is 9.34. The maximum absolute atomic E-state index is 5.95. The van der Waals surface area contributed by atoms with E-state index in [-0.39, 0.29) is 5.41 Å². The fourth-order valence-electron chi connectivity index (χ4n) is 3.19. The number of benzene rings is 2. The summed E-state index contributed by atoms with van der Waals surface area (Å²) in [5, 5.41) is 4.18. The van der Waals surface area contributed by atoms with Gasteiger partial charge in [-0.15, -0.1) is 0 Å². The highest BCUT2D eigenvalue weighted by molar-refractivity contribution is 5.42. The summed E-state index contributed by atoms with van der Waals surface area (Å²) in [6.45, 7) is 6.59. The Balaban J connectivity index is 1.49. The van der Waals surface area contributed by atoms with Crippen LogP contribution in [0, 0.1) is 6.92 Å². The quantitative estimate of drug-likeness (QED) is 0.453. The molecule has 2 aromatic carbocycles. The fourth-order valence-corrected chi connectivity index (χ4v) is 3.19. The molecule has 4 aromatic rings. The van der Waals surface area contributed by atoms with Crippen molar-refractivity contribution in [3.8, 4) is 17.3 Å². The summed E-state index contributed by atoms with van der Waals surface area (Å²) in [5.41, 5.74) is 3.75. The SMILES string of the molecule is Cc1ccc(C(C)(C)c2ccc(Oc3ccc(-n4cccn4)nc3)cc2)cc1. The maximum atomic E-state index is 5.95. The van der Waals surface area contributed by atoms with Crippen LogP contribution in [-0.4, -0.2) is 14.8 Å². The lowest BCUT2D eigenvalue weighted by atomic mass is 9.78. The number of aromatic nitrogens is 3. The molecule has 0 spiro atoms. The topological polar surface area (TPSA) is 39.9 Å². The standard InChI is InChI=1S/C24H23N3O/c1-18-5-7-19(8-6-18)24(2,3)20-9-11-21(12-10-20)28-22-13-14-23(25-17-22)27-16-4-15-26-27/h4-17H,1-3H3. The second-order valence-corrected chi connectivity index (χ2v) is 7.42. The molecule has 0 saturated heterocycles. The van der Waals surface area contributed by atoms with Crippen LogP contribution in [0.3, 0.4) is 0 Å².